The van der Waals surface area contributed by atoms with Crippen molar-refractivity contribution in [3.8, 4) is 0 Å². The van der Waals surface area contributed by atoms with E-state index in [9.17, 15) is 18.0 Å². The van der Waals surface area contributed by atoms with Crippen LogP contribution < -0.4 is 11.3 Å². The number of nitrogens with zero attached hydrogens (tertiary/aromatic N) is 1. The van der Waals surface area contributed by atoms with E-state index in [2.05, 4.69) is 9.97 Å². The van der Waals surface area contributed by atoms with Crippen LogP contribution in [0.15, 0.2) is 45.3 Å². The van der Waals surface area contributed by atoms with Gasteiger partial charge in [-0.15, -0.1) is 0 Å². The molecule has 0 saturated heterocycles. The molecule has 20 heavy (non-hydrogen) atoms. The molecular weight excluding hydrogens is 291 g/mol. The monoisotopic (exact) mass is 301 g/mol. The fourth-order valence-corrected chi connectivity index (χ4v) is 2.38. The summed E-state index contributed by atoms with van der Waals surface area (Å²) < 4.78 is 38.6. The van der Waals surface area contributed by atoms with Crippen LogP contribution in [-0.4, -0.2) is 9.97 Å². The molecule has 0 aliphatic rings. The Morgan fingerprint density at radius 2 is 2.05 bits per heavy atom. The zero-order chi connectivity index (χ0) is 14.8. The van der Waals surface area contributed by atoms with Crippen LogP contribution in [-0.2, 0) is 12.7 Å². The van der Waals surface area contributed by atoms with Crippen LogP contribution in [0.1, 0.15) is 11.1 Å². The normalized spacial score (nSPS) is 11.6. The van der Waals surface area contributed by atoms with Gasteiger partial charge in [-0.25, -0.2) is 4.98 Å². The Balaban J connectivity index is 2.36. The van der Waals surface area contributed by atoms with Gasteiger partial charge in [0.2, 0.25) is 0 Å². The van der Waals surface area contributed by atoms with E-state index in [4.69, 9.17) is 5.73 Å². The van der Waals surface area contributed by atoms with Crippen molar-refractivity contribution in [2.45, 2.75) is 22.8 Å². The van der Waals surface area contributed by atoms with E-state index in [1.165, 1.54) is 24.4 Å². The number of benzene rings is 1. The Hall–Kier alpha value is -1.80. The summed E-state index contributed by atoms with van der Waals surface area (Å²) in [4.78, 5) is 17.7. The SMILES string of the molecule is NCc1ccc(Sc2nccc(=O)[nH]2)cc1C(F)(F)F. The zero-order valence-corrected chi connectivity index (χ0v) is 10.9. The van der Waals surface area contributed by atoms with Gasteiger partial charge in [0.1, 0.15) is 0 Å². The lowest BCUT2D eigenvalue weighted by Gasteiger charge is -2.13. The van der Waals surface area contributed by atoms with Crippen LogP contribution in [0.3, 0.4) is 0 Å². The minimum Gasteiger partial charge on any atom is -0.326 e. The van der Waals surface area contributed by atoms with Gasteiger partial charge in [0, 0.05) is 23.7 Å². The first-order valence-electron chi connectivity index (χ1n) is 5.53. The average molecular weight is 301 g/mol. The lowest BCUT2D eigenvalue weighted by Crippen LogP contribution is -2.12. The zero-order valence-electron chi connectivity index (χ0n) is 10.1. The van der Waals surface area contributed by atoms with E-state index in [1.807, 2.05) is 0 Å². The Bertz CT molecular complexity index is 669. The van der Waals surface area contributed by atoms with E-state index >= 15 is 0 Å². The summed E-state index contributed by atoms with van der Waals surface area (Å²) in [6, 6.07) is 5.06. The molecule has 2 rings (SSSR count). The van der Waals surface area contributed by atoms with E-state index in [1.54, 1.807) is 0 Å². The molecule has 1 heterocycles. The van der Waals surface area contributed by atoms with Crippen molar-refractivity contribution >= 4 is 11.8 Å². The Kier molecular flexibility index (Phi) is 4.15. The molecule has 1 aromatic carbocycles. The van der Waals surface area contributed by atoms with Gasteiger partial charge >= 0.3 is 6.18 Å². The van der Waals surface area contributed by atoms with Crippen LogP contribution in [0, 0.1) is 0 Å². The highest BCUT2D eigenvalue weighted by Gasteiger charge is 2.33. The fourth-order valence-electron chi connectivity index (χ4n) is 1.58. The lowest BCUT2D eigenvalue weighted by molar-refractivity contribution is -0.138. The molecule has 0 aliphatic carbocycles. The molecule has 0 radical (unpaired) electrons. The topological polar surface area (TPSA) is 71.8 Å². The van der Waals surface area contributed by atoms with Crippen molar-refractivity contribution in [3.63, 3.8) is 0 Å². The highest BCUT2D eigenvalue weighted by Crippen LogP contribution is 2.35. The van der Waals surface area contributed by atoms with Gasteiger partial charge in [-0.3, -0.25) is 4.79 Å². The number of rotatable bonds is 3. The minimum atomic E-state index is -4.47. The molecule has 0 aliphatic heterocycles. The highest BCUT2D eigenvalue weighted by molar-refractivity contribution is 7.99. The molecule has 106 valence electrons. The van der Waals surface area contributed by atoms with E-state index in [0.29, 0.717) is 4.90 Å². The molecule has 0 bridgehead atoms. The summed E-state index contributed by atoms with van der Waals surface area (Å²) in [7, 11) is 0. The molecule has 1 aromatic heterocycles. The second kappa shape index (κ2) is 5.68. The fraction of sp³-hybridized carbons (Fsp3) is 0.167. The van der Waals surface area contributed by atoms with Gasteiger partial charge in [0.05, 0.1) is 5.56 Å². The van der Waals surface area contributed by atoms with Crippen molar-refractivity contribution in [3.05, 3.63) is 51.9 Å². The molecule has 0 atom stereocenters. The molecule has 8 heteroatoms. The van der Waals surface area contributed by atoms with Crippen molar-refractivity contribution in [1.29, 1.82) is 0 Å². The average Bonchev–Trinajstić information content (AvgIpc) is 2.37. The van der Waals surface area contributed by atoms with Crippen molar-refractivity contribution in [2.24, 2.45) is 5.73 Å². The number of halogens is 3. The number of nitrogens with two attached hydrogens (primary N) is 1. The van der Waals surface area contributed by atoms with Crippen molar-refractivity contribution < 1.29 is 13.2 Å². The van der Waals surface area contributed by atoms with Crippen LogP contribution in [0.5, 0.6) is 0 Å². The van der Waals surface area contributed by atoms with E-state index in [0.717, 1.165) is 17.8 Å². The number of alkyl halides is 3. The third-order valence-electron chi connectivity index (χ3n) is 2.47. The number of hydrogen-bond donors (Lipinski definition) is 2. The maximum Gasteiger partial charge on any atom is 0.416 e. The quantitative estimate of drug-likeness (QED) is 0.854. The Labute approximate surface area is 116 Å². The summed E-state index contributed by atoms with van der Waals surface area (Å²) in [5.41, 5.74) is 4.19. The number of aromatic amines is 1. The van der Waals surface area contributed by atoms with Gasteiger partial charge in [0.15, 0.2) is 5.16 Å². The number of hydrogen-bond acceptors (Lipinski definition) is 4. The summed E-state index contributed by atoms with van der Waals surface area (Å²) in [5.74, 6) is 0. The van der Waals surface area contributed by atoms with Gasteiger partial charge in [-0.1, -0.05) is 17.8 Å². The minimum absolute atomic E-state index is 0.0244. The largest absolute Gasteiger partial charge is 0.416 e. The van der Waals surface area contributed by atoms with Gasteiger partial charge in [0.25, 0.3) is 5.56 Å². The first-order chi connectivity index (χ1) is 9.40. The lowest BCUT2D eigenvalue weighted by atomic mass is 10.1. The Morgan fingerprint density at radius 1 is 1.30 bits per heavy atom. The molecule has 0 saturated carbocycles. The maximum absolute atomic E-state index is 12.9. The maximum atomic E-state index is 12.9. The van der Waals surface area contributed by atoms with Crippen molar-refractivity contribution in [2.75, 3.05) is 0 Å². The van der Waals surface area contributed by atoms with Crippen molar-refractivity contribution in [1.82, 2.24) is 9.97 Å². The first-order valence-corrected chi connectivity index (χ1v) is 6.35. The predicted molar refractivity (Wildman–Crippen MR) is 68.3 cm³/mol. The molecular formula is C12H10F3N3OS. The molecule has 0 fully saturated rings. The first kappa shape index (κ1) is 14.6. The van der Waals surface area contributed by atoms with E-state index in [-0.39, 0.29) is 22.8 Å². The molecule has 2 aromatic rings. The number of aromatic nitrogens is 2. The van der Waals surface area contributed by atoms with Gasteiger partial charge in [-0.2, -0.15) is 13.2 Å². The molecule has 0 spiro atoms. The van der Waals surface area contributed by atoms with Crippen LogP contribution in [0.2, 0.25) is 0 Å². The standard InChI is InChI=1S/C12H10F3N3OS/c13-12(14,15)9-5-8(2-1-7(9)6-16)20-11-17-4-3-10(19)18-11/h1-5H,6,16H2,(H,17,18,19). The van der Waals surface area contributed by atoms with Gasteiger partial charge < -0.3 is 10.7 Å². The summed E-state index contributed by atoms with van der Waals surface area (Å²) in [5, 5.41) is 0.228. The second-order valence-electron chi connectivity index (χ2n) is 3.86. The molecule has 4 nitrogen and oxygen atoms in total. The number of nitrogens with one attached hydrogen (secondary N) is 1. The molecule has 3 N–H and O–H groups in total. The third kappa shape index (κ3) is 3.40. The molecule has 0 unspecified atom stereocenters. The second-order valence-corrected chi connectivity index (χ2v) is 4.92. The summed E-state index contributed by atoms with van der Waals surface area (Å²) in [6.45, 7) is -0.194. The van der Waals surface area contributed by atoms with Gasteiger partial charge in [-0.05, 0) is 17.7 Å². The molecule has 0 amide bonds. The van der Waals surface area contributed by atoms with Crippen LogP contribution in [0.25, 0.3) is 0 Å². The number of H-pyrrole nitrogens is 1. The summed E-state index contributed by atoms with van der Waals surface area (Å²) in [6.07, 6.45) is -3.18. The predicted octanol–water partition coefficient (Wildman–Crippen LogP) is 2.40. The smallest absolute Gasteiger partial charge is 0.326 e. The van der Waals surface area contributed by atoms with Crippen LogP contribution >= 0.6 is 11.8 Å². The summed E-state index contributed by atoms with van der Waals surface area (Å²) >= 11 is 0.944. The third-order valence-corrected chi connectivity index (χ3v) is 3.36. The van der Waals surface area contributed by atoms with Crippen LogP contribution in [0.4, 0.5) is 13.2 Å². The Morgan fingerprint density at radius 3 is 2.65 bits per heavy atom. The van der Waals surface area contributed by atoms with E-state index < -0.39 is 11.7 Å². The highest BCUT2D eigenvalue weighted by atomic mass is 32.2.